The van der Waals surface area contributed by atoms with Crippen molar-refractivity contribution in [3.8, 4) is 22.3 Å². The van der Waals surface area contributed by atoms with Gasteiger partial charge in [0.05, 0.1) is 24.0 Å². The summed E-state index contributed by atoms with van der Waals surface area (Å²) in [5.41, 5.74) is 8.90. The molecule has 0 radical (unpaired) electrons. The molecule has 0 unspecified atom stereocenters. The predicted molar refractivity (Wildman–Crippen MR) is 182 cm³/mol. The van der Waals surface area contributed by atoms with Crippen LogP contribution in [0.1, 0.15) is 34.1 Å². The van der Waals surface area contributed by atoms with E-state index in [0.717, 1.165) is 44.5 Å². The van der Waals surface area contributed by atoms with Crippen LogP contribution >= 0.6 is 25.3 Å². The minimum atomic E-state index is -1.39. The summed E-state index contributed by atoms with van der Waals surface area (Å²) in [6.45, 7) is 0.262. The molecule has 10 nitrogen and oxygen atoms in total. The van der Waals surface area contributed by atoms with Gasteiger partial charge < -0.3 is 39.9 Å². The van der Waals surface area contributed by atoms with E-state index in [2.05, 4.69) is 35.9 Å². The number of thiol groups is 2. The monoisotopic (exact) mass is 730 g/mol. The average Bonchev–Trinajstić information content (AvgIpc) is 3.60. The van der Waals surface area contributed by atoms with Gasteiger partial charge in [-0.25, -0.2) is 9.59 Å². The zero-order valence-electron chi connectivity index (χ0n) is 27.5. The van der Waals surface area contributed by atoms with Crippen molar-refractivity contribution in [1.29, 1.82) is 0 Å². The van der Waals surface area contributed by atoms with Crippen LogP contribution in [0.25, 0.3) is 22.3 Å². The van der Waals surface area contributed by atoms with Gasteiger partial charge in [0, 0.05) is 23.3 Å². The molecule has 0 saturated heterocycles. The van der Waals surface area contributed by atoms with Gasteiger partial charge in [-0.2, -0.15) is 25.3 Å². The van der Waals surface area contributed by atoms with Crippen LogP contribution < -0.4 is 80.0 Å². The van der Waals surface area contributed by atoms with E-state index in [0.29, 0.717) is 0 Å². The van der Waals surface area contributed by atoms with Crippen LogP contribution in [0.4, 0.5) is 9.59 Å². The third kappa shape index (κ3) is 9.68. The first kappa shape index (κ1) is 41.5. The number of hydrogen-bond acceptors (Lipinski definition) is 10. The molecule has 2 amide bonds. The Kier molecular flexibility index (Phi) is 16.3. The summed E-state index contributed by atoms with van der Waals surface area (Å²) in [5, 5.41) is 26.1. The summed E-state index contributed by atoms with van der Waals surface area (Å²) >= 11 is 7.74. The van der Waals surface area contributed by atoms with Crippen LogP contribution in [0.3, 0.4) is 0 Å². The van der Waals surface area contributed by atoms with Gasteiger partial charge in [0.2, 0.25) is 0 Å². The van der Waals surface area contributed by atoms with E-state index in [4.69, 9.17) is 9.47 Å². The minimum absolute atomic E-state index is 0. The second kappa shape index (κ2) is 19.6. The third-order valence-corrected chi connectivity index (χ3v) is 8.94. The first-order valence-electron chi connectivity index (χ1n) is 15.1. The van der Waals surface area contributed by atoms with E-state index in [1.807, 2.05) is 97.1 Å². The van der Waals surface area contributed by atoms with Gasteiger partial charge in [-0.05, 0) is 44.5 Å². The Bertz CT molecular complexity index is 1610. The number of benzene rings is 4. The molecule has 0 spiro atoms. The van der Waals surface area contributed by atoms with Gasteiger partial charge in [-0.3, -0.25) is 0 Å². The number of nitrogens with one attached hydrogen (secondary N) is 2. The van der Waals surface area contributed by atoms with Crippen molar-refractivity contribution < 1.29 is 98.0 Å². The Labute approximate surface area is 345 Å². The topological polar surface area (TPSA) is 157 Å². The number of carbonyl (C=O) groups excluding carboxylic acids is 4. The Balaban J connectivity index is 0.000000260. The molecule has 0 aromatic heterocycles. The summed E-state index contributed by atoms with van der Waals surface area (Å²) < 4.78 is 10.5. The van der Waals surface area contributed by atoms with Gasteiger partial charge >= 0.3 is 71.3 Å². The summed E-state index contributed by atoms with van der Waals surface area (Å²) in [6.07, 6.45) is -1.58. The Hall–Kier alpha value is -2.94. The van der Waals surface area contributed by atoms with Crippen molar-refractivity contribution in [2.45, 2.75) is 23.9 Å². The molecule has 14 heteroatoms. The summed E-state index contributed by atoms with van der Waals surface area (Å²) in [4.78, 5) is 45.3. The fraction of sp³-hybridized carbons (Fsp3) is 0.222. The first-order chi connectivity index (χ1) is 23.2. The quantitative estimate of drug-likeness (QED) is 0.101. The van der Waals surface area contributed by atoms with Crippen molar-refractivity contribution in [2.75, 3.05) is 24.7 Å². The number of hydrogen-bond donors (Lipinski definition) is 4. The molecule has 2 aliphatic rings. The standard InChI is InChI=1S/2C18H17NO4S.2Na/c2*20-17(21)16(10-24)19-18(22)23-9-15-13-7-3-1-5-11(13)12-6-2-4-8-14(12)15;;/h2*1-8,15-16,24H,9-10H2,(H,19,22)(H,20,21);;/q;;2*+1/p-2/t2*16-;;/m00../s1. The molecule has 0 heterocycles. The smallest absolute Gasteiger partial charge is 0.548 e. The van der Waals surface area contributed by atoms with Gasteiger partial charge in [0.1, 0.15) is 13.2 Å². The molecule has 2 aliphatic carbocycles. The molecule has 4 aromatic rings. The third-order valence-electron chi connectivity index (χ3n) is 8.21. The van der Waals surface area contributed by atoms with Crippen molar-refractivity contribution in [3.63, 3.8) is 0 Å². The summed E-state index contributed by atoms with van der Waals surface area (Å²) in [7, 11) is 0. The molecule has 2 N–H and O–H groups in total. The van der Waals surface area contributed by atoms with E-state index in [-0.39, 0.29) is 95.7 Å². The Morgan fingerprint density at radius 3 is 1.04 bits per heavy atom. The van der Waals surface area contributed by atoms with E-state index in [9.17, 15) is 29.4 Å². The Morgan fingerprint density at radius 2 is 0.800 bits per heavy atom. The van der Waals surface area contributed by atoms with Crippen LogP contribution in [0.2, 0.25) is 0 Å². The number of carboxylic acid groups (broad SMARTS) is 2. The normalized spacial score (nSPS) is 13.2. The number of alkyl carbamates (subject to hydrolysis) is 2. The van der Waals surface area contributed by atoms with E-state index in [1.54, 1.807) is 0 Å². The van der Waals surface area contributed by atoms with Gasteiger partial charge in [0.25, 0.3) is 0 Å². The number of fused-ring (bicyclic) bond motifs is 6. The molecular weight excluding hydrogens is 699 g/mol. The minimum Gasteiger partial charge on any atom is -0.548 e. The molecule has 0 fully saturated rings. The largest absolute Gasteiger partial charge is 1.00 e. The molecule has 248 valence electrons. The second-order valence-electron chi connectivity index (χ2n) is 11.0. The number of carbonyl (C=O) groups is 4. The molecular formula is C36H32N2Na2O8S2. The predicted octanol–water partition coefficient (Wildman–Crippen LogP) is -2.85. The zero-order chi connectivity index (χ0) is 34.2. The van der Waals surface area contributed by atoms with Crippen molar-refractivity contribution in [2.24, 2.45) is 0 Å². The fourth-order valence-corrected chi connectivity index (χ4v) is 6.40. The average molecular weight is 731 g/mol. The second-order valence-corrected chi connectivity index (χ2v) is 11.8. The van der Waals surface area contributed by atoms with Gasteiger partial charge in [-0.1, -0.05) is 97.1 Å². The maximum absolute atomic E-state index is 11.8. The Morgan fingerprint density at radius 1 is 0.540 bits per heavy atom. The summed E-state index contributed by atoms with van der Waals surface area (Å²) in [5.74, 6) is -3.04. The van der Waals surface area contributed by atoms with Crippen LogP contribution in [-0.4, -0.2) is 60.9 Å². The fourth-order valence-electron chi connectivity index (χ4n) is 5.92. The SMILES string of the molecule is O=C(N[C@@H](CS)C(=O)[O-])OCC1c2ccccc2-c2ccccc21.O=C(N[C@@H](CS)C(=O)[O-])OCC1c2ccccc2-c2ccccc21.[Na+].[Na+]. The van der Waals surface area contributed by atoms with Crippen LogP contribution in [0.15, 0.2) is 97.1 Å². The zero-order valence-corrected chi connectivity index (χ0v) is 33.3. The maximum atomic E-state index is 11.8. The first-order valence-corrected chi connectivity index (χ1v) is 16.4. The van der Waals surface area contributed by atoms with E-state index >= 15 is 0 Å². The van der Waals surface area contributed by atoms with Gasteiger partial charge in [-0.15, -0.1) is 0 Å². The molecule has 0 aliphatic heterocycles. The van der Waals surface area contributed by atoms with E-state index in [1.165, 1.54) is 0 Å². The van der Waals surface area contributed by atoms with Crippen molar-refractivity contribution in [3.05, 3.63) is 119 Å². The van der Waals surface area contributed by atoms with Crippen LogP contribution in [0.5, 0.6) is 0 Å². The number of amides is 2. The van der Waals surface area contributed by atoms with Crippen molar-refractivity contribution in [1.82, 2.24) is 10.6 Å². The molecule has 4 aromatic carbocycles. The maximum Gasteiger partial charge on any atom is 1.00 e. The van der Waals surface area contributed by atoms with Crippen LogP contribution in [0, 0.1) is 0 Å². The van der Waals surface area contributed by atoms with Crippen molar-refractivity contribution >= 4 is 49.4 Å². The van der Waals surface area contributed by atoms with Crippen LogP contribution in [-0.2, 0) is 19.1 Å². The van der Waals surface area contributed by atoms with E-state index < -0.39 is 36.2 Å². The summed E-state index contributed by atoms with van der Waals surface area (Å²) in [6, 6.07) is 29.6. The molecule has 50 heavy (non-hydrogen) atoms. The molecule has 6 rings (SSSR count). The molecule has 2 atom stereocenters. The number of ether oxygens (including phenoxy) is 2. The van der Waals surface area contributed by atoms with Gasteiger partial charge in [0.15, 0.2) is 0 Å². The number of carboxylic acids is 2. The number of aliphatic carboxylic acids is 2. The number of rotatable bonds is 10. The molecule has 0 saturated carbocycles. The molecule has 0 bridgehead atoms.